The predicted octanol–water partition coefficient (Wildman–Crippen LogP) is 0.597. The minimum absolute atomic E-state index is 0. The number of amides is 1. The summed E-state index contributed by atoms with van der Waals surface area (Å²) in [6.45, 7) is 7.88. The Hall–Kier alpha value is -0.660. The van der Waals surface area contributed by atoms with Gasteiger partial charge in [-0.15, -0.1) is 0 Å². The van der Waals surface area contributed by atoms with Gasteiger partial charge < -0.3 is 10.1 Å². The third-order valence-corrected chi connectivity index (χ3v) is 3.49. The summed E-state index contributed by atoms with van der Waals surface area (Å²) in [4.78, 5) is 11.2. The van der Waals surface area contributed by atoms with Crippen molar-refractivity contribution in [1.82, 2.24) is 10.0 Å². The maximum absolute atomic E-state index is 11.5. The van der Waals surface area contributed by atoms with Gasteiger partial charge in [0.15, 0.2) is 0 Å². The van der Waals surface area contributed by atoms with Crippen molar-refractivity contribution in [2.45, 2.75) is 27.2 Å². The molecular weight excluding hydrogens is 256 g/mol. The van der Waals surface area contributed by atoms with Crippen molar-refractivity contribution >= 4 is 15.9 Å². The zero-order chi connectivity index (χ0) is 14.0. The second kappa shape index (κ2) is 9.29. The summed E-state index contributed by atoms with van der Waals surface area (Å²) >= 11 is 0. The van der Waals surface area contributed by atoms with Crippen LogP contribution in [-0.4, -0.2) is 46.4 Å². The molecule has 0 aromatic carbocycles. The quantitative estimate of drug-likeness (QED) is 0.574. The maximum atomic E-state index is 11.5. The summed E-state index contributed by atoms with van der Waals surface area (Å²) in [6, 6.07) is 0. The standard InChI is InChI=1S/C11H24N2O4S.2H2/c1-4-12-6-8-17-7-5-9-18(15,16)13-11(14)10(2)3;;/h10,12H,4-9H2,1-3H3,(H,13,14);2*1H. The van der Waals surface area contributed by atoms with E-state index in [-0.39, 0.29) is 14.5 Å². The van der Waals surface area contributed by atoms with Crippen LogP contribution in [0.2, 0.25) is 0 Å². The molecule has 0 radical (unpaired) electrons. The van der Waals surface area contributed by atoms with Gasteiger partial charge in [0.05, 0.1) is 12.4 Å². The fourth-order valence-electron chi connectivity index (χ4n) is 1.10. The summed E-state index contributed by atoms with van der Waals surface area (Å²) in [5.41, 5.74) is 0. The minimum Gasteiger partial charge on any atom is -0.380 e. The fourth-order valence-corrected chi connectivity index (χ4v) is 2.24. The van der Waals surface area contributed by atoms with Crippen molar-refractivity contribution < 1.29 is 20.8 Å². The van der Waals surface area contributed by atoms with Gasteiger partial charge in [-0.25, -0.2) is 8.42 Å². The van der Waals surface area contributed by atoms with E-state index in [0.717, 1.165) is 13.1 Å². The van der Waals surface area contributed by atoms with E-state index in [9.17, 15) is 13.2 Å². The summed E-state index contributed by atoms with van der Waals surface area (Å²) in [5, 5.41) is 3.09. The first kappa shape index (κ1) is 17.3. The number of ether oxygens (including phenoxy) is 1. The second-order valence-electron chi connectivity index (χ2n) is 4.26. The Kier molecular flexibility index (Phi) is 8.95. The Morgan fingerprint density at radius 2 is 2.00 bits per heavy atom. The molecule has 0 saturated carbocycles. The number of carbonyl (C=O) groups excluding carboxylic acids is 1. The topological polar surface area (TPSA) is 84.5 Å². The van der Waals surface area contributed by atoms with E-state index in [1.54, 1.807) is 13.8 Å². The molecule has 1 amide bonds. The Morgan fingerprint density at radius 3 is 2.56 bits per heavy atom. The van der Waals surface area contributed by atoms with E-state index in [1.807, 2.05) is 11.6 Å². The highest BCUT2D eigenvalue weighted by molar-refractivity contribution is 7.90. The molecule has 0 rings (SSSR count). The first-order valence-electron chi connectivity index (χ1n) is 6.22. The van der Waals surface area contributed by atoms with Gasteiger partial charge in [0.1, 0.15) is 0 Å². The van der Waals surface area contributed by atoms with E-state index in [0.29, 0.717) is 19.6 Å². The Labute approximate surface area is 112 Å². The Balaban J connectivity index is -0.00000144. The van der Waals surface area contributed by atoms with Crippen molar-refractivity contribution in [3.05, 3.63) is 0 Å². The Morgan fingerprint density at radius 1 is 1.33 bits per heavy atom. The zero-order valence-corrected chi connectivity index (χ0v) is 12.2. The van der Waals surface area contributed by atoms with Crippen LogP contribution in [0.15, 0.2) is 0 Å². The monoisotopic (exact) mass is 284 g/mol. The van der Waals surface area contributed by atoms with Crippen molar-refractivity contribution in [3.63, 3.8) is 0 Å². The maximum Gasteiger partial charge on any atom is 0.235 e. The van der Waals surface area contributed by atoms with Crippen molar-refractivity contribution in [2.24, 2.45) is 5.92 Å². The molecule has 18 heavy (non-hydrogen) atoms. The van der Waals surface area contributed by atoms with Crippen LogP contribution in [0, 0.1) is 5.92 Å². The number of likely N-dealkylation sites (N-methyl/N-ethyl adjacent to an activating group) is 1. The van der Waals surface area contributed by atoms with Crippen LogP contribution >= 0.6 is 0 Å². The van der Waals surface area contributed by atoms with Crippen molar-refractivity contribution in [3.8, 4) is 0 Å². The normalized spacial score (nSPS) is 11.8. The van der Waals surface area contributed by atoms with Gasteiger partial charge in [-0.1, -0.05) is 20.8 Å². The van der Waals surface area contributed by atoms with E-state index in [2.05, 4.69) is 5.32 Å². The number of hydrogen-bond donors (Lipinski definition) is 2. The fraction of sp³-hybridized carbons (Fsp3) is 0.909. The molecule has 0 saturated heterocycles. The van der Waals surface area contributed by atoms with Crippen LogP contribution in [0.3, 0.4) is 0 Å². The molecule has 0 aliphatic heterocycles. The molecule has 0 spiro atoms. The van der Waals surface area contributed by atoms with E-state index in [4.69, 9.17) is 4.74 Å². The molecule has 0 aromatic rings. The number of carbonyl (C=O) groups is 1. The van der Waals surface area contributed by atoms with Crippen LogP contribution < -0.4 is 10.0 Å². The number of rotatable bonds is 10. The largest absolute Gasteiger partial charge is 0.380 e. The average molecular weight is 284 g/mol. The van der Waals surface area contributed by atoms with Crippen LogP contribution in [0.4, 0.5) is 0 Å². The lowest BCUT2D eigenvalue weighted by molar-refractivity contribution is -0.122. The van der Waals surface area contributed by atoms with Gasteiger partial charge in [-0.05, 0) is 13.0 Å². The number of nitrogens with one attached hydrogen (secondary N) is 2. The van der Waals surface area contributed by atoms with Crippen LogP contribution in [-0.2, 0) is 19.6 Å². The lowest BCUT2D eigenvalue weighted by Gasteiger charge is -2.09. The van der Waals surface area contributed by atoms with E-state index >= 15 is 0 Å². The summed E-state index contributed by atoms with van der Waals surface area (Å²) < 4.78 is 30.2. The summed E-state index contributed by atoms with van der Waals surface area (Å²) in [7, 11) is -3.52. The van der Waals surface area contributed by atoms with Gasteiger partial charge in [-0.2, -0.15) is 0 Å². The minimum atomic E-state index is -3.52. The molecular formula is C11H28N2O4S. The first-order valence-corrected chi connectivity index (χ1v) is 7.87. The van der Waals surface area contributed by atoms with Gasteiger partial charge in [0, 0.05) is 21.9 Å². The van der Waals surface area contributed by atoms with Gasteiger partial charge in [0.2, 0.25) is 15.9 Å². The average Bonchev–Trinajstić information content (AvgIpc) is 2.27. The lowest BCUT2D eigenvalue weighted by Crippen LogP contribution is -2.35. The molecule has 112 valence electrons. The third-order valence-electron chi connectivity index (χ3n) is 2.16. The predicted molar refractivity (Wildman–Crippen MR) is 75.0 cm³/mol. The SMILES string of the molecule is CCNCCOCCCS(=O)(=O)NC(=O)C(C)C.[HH].[HH]. The Bertz CT molecular complexity index is 337. The molecule has 7 heteroatoms. The summed E-state index contributed by atoms with van der Waals surface area (Å²) in [5.74, 6) is -0.897. The van der Waals surface area contributed by atoms with Gasteiger partial charge in [0.25, 0.3) is 0 Å². The highest BCUT2D eigenvalue weighted by atomic mass is 32.2. The van der Waals surface area contributed by atoms with E-state index in [1.165, 1.54) is 0 Å². The smallest absolute Gasteiger partial charge is 0.235 e. The molecule has 0 unspecified atom stereocenters. The number of hydrogen-bond acceptors (Lipinski definition) is 5. The molecule has 0 aromatic heterocycles. The zero-order valence-electron chi connectivity index (χ0n) is 11.4. The molecule has 0 atom stereocenters. The van der Waals surface area contributed by atoms with Crippen LogP contribution in [0.1, 0.15) is 30.0 Å². The molecule has 0 aliphatic rings. The molecule has 0 aliphatic carbocycles. The highest BCUT2D eigenvalue weighted by Gasteiger charge is 2.16. The summed E-state index contributed by atoms with van der Waals surface area (Å²) in [6.07, 6.45) is 0.382. The van der Waals surface area contributed by atoms with Gasteiger partial charge in [-0.3, -0.25) is 9.52 Å². The van der Waals surface area contributed by atoms with Crippen molar-refractivity contribution in [2.75, 3.05) is 32.1 Å². The number of sulfonamides is 1. The van der Waals surface area contributed by atoms with Crippen LogP contribution in [0.25, 0.3) is 0 Å². The lowest BCUT2D eigenvalue weighted by atomic mass is 10.2. The first-order chi connectivity index (χ1) is 8.39. The molecule has 0 fully saturated rings. The van der Waals surface area contributed by atoms with E-state index < -0.39 is 15.9 Å². The van der Waals surface area contributed by atoms with Gasteiger partial charge >= 0.3 is 0 Å². The highest BCUT2D eigenvalue weighted by Crippen LogP contribution is 1.96. The third kappa shape index (κ3) is 9.38. The van der Waals surface area contributed by atoms with Crippen molar-refractivity contribution in [1.29, 1.82) is 0 Å². The molecule has 6 nitrogen and oxygen atoms in total. The molecule has 2 N–H and O–H groups in total. The van der Waals surface area contributed by atoms with Crippen LogP contribution in [0.5, 0.6) is 0 Å². The molecule has 0 heterocycles. The molecule has 0 bridgehead atoms. The second-order valence-corrected chi connectivity index (χ2v) is 6.10.